The summed E-state index contributed by atoms with van der Waals surface area (Å²) in [6.45, 7) is 4.11. The van der Waals surface area contributed by atoms with Gasteiger partial charge in [-0.3, -0.25) is 4.79 Å². The summed E-state index contributed by atoms with van der Waals surface area (Å²) in [5.74, 6) is -0.499. The van der Waals surface area contributed by atoms with Gasteiger partial charge in [0.15, 0.2) is 0 Å². The Kier molecular flexibility index (Phi) is 6.55. The zero-order valence-electron chi connectivity index (χ0n) is 16.9. The van der Waals surface area contributed by atoms with Gasteiger partial charge in [-0.2, -0.15) is 0 Å². The van der Waals surface area contributed by atoms with Gasteiger partial charge in [0.05, 0.1) is 0 Å². The smallest absolute Gasteiger partial charge is 0.227 e. The Balaban J connectivity index is 1.41. The normalized spacial score (nSPS) is 14.6. The first-order chi connectivity index (χ1) is 14.6. The maximum Gasteiger partial charge on any atom is 0.227 e. The molecule has 4 nitrogen and oxygen atoms in total. The molecule has 6 heteroatoms. The number of benzene rings is 2. The molecule has 0 aliphatic carbocycles. The van der Waals surface area contributed by atoms with E-state index in [0.717, 1.165) is 16.3 Å². The fraction of sp³-hybridized carbons (Fsp3) is 0.292. The number of amides is 1. The van der Waals surface area contributed by atoms with Crippen LogP contribution < -0.4 is 5.32 Å². The highest BCUT2D eigenvalue weighted by molar-refractivity contribution is 7.99. The van der Waals surface area contributed by atoms with Crippen LogP contribution in [0.4, 0.5) is 10.1 Å². The number of nitrogens with one attached hydrogen (secondary N) is 1. The second kappa shape index (κ2) is 9.49. The van der Waals surface area contributed by atoms with E-state index < -0.39 is 0 Å². The number of hydrogen-bond acceptors (Lipinski definition) is 3. The molecule has 1 amide bonds. The van der Waals surface area contributed by atoms with E-state index in [1.807, 2.05) is 24.3 Å². The highest BCUT2D eigenvalue weighted by atomic mass is 32.2. The number of aryl methyl sites for hydroxylation is 1. The van der Waals surface area contributed by atoms with Gasteiger partial charge in [0.25, 0.3) is 0 Å². The molecule has 1 aliphatic heterocycles. The first-order valence-corrected chi connectivity index (χ1v) is 11.0. The van der Waals surface area contributed by atoms with E-state index in [-0.39, 0.29) is 17.6 Å². The molecule has 0 radical (unpaired) electrons. The summed E-state index contributed by atoms with van der Waals surface area (Å²) < 4.78 is 21.6. The van der Waals surface area contributed by atoms with Gasteiger partial charge >= 0.3 is 0 Å². The molecule has 4 rings (SSSR count). The lowest BCUT2D eigenvalue weighted by molar-refractivity contribution is -0.122. The van der Waals surface area contributed by atoms with Crippen molar-refractivity contribution < 1.29 is 13.9 Å². The molecule has 1 fully saturated rings. The summed E-state index contributed by atoms with van der Waals surface area (Å²) in [6.07, 6.45) is 3.48. The van der Waals surface area contributed by atoms with Crippen molar-refractivity contribution in [2.75, 3.05) is 18.5 Å². The Morgan fingerprint density at radius 3 is 2.60 bits per heavy atom. The predicted molar refractivity (Wildman–Crippen MR) is 117 cm³/mol. The second-order valence-corrected chi connectivity index (χ2v) is 8.72. The summed E-state index contributed by atoms with van der Waals surface area (Å²) >= 11 is 1.48. The van der Waals surface area contributed by atoms with Gasteiger partial charge in [-0.15, -0.1) is 0 Å². The third-order valence-corrected chi connectivity index (χ3v) is 6.28. The van der Waals surface area contributed by atoms with E-state index in [2.05, 4.69) is 41.2 Å². The maximum absolute atomic E-state index is 14.1. The minimum atomic E-state index is -0.359. The molecule has 2 aromatic carbocycles. The van der Waals surface area contributed by atoms with E-state index in [0.29, 0.717) is 31.7 Å². The highest BCUT2D eigenvalue weighted by Gasteiger charge is 2.21. The molecule has 0 spiro atoms. The maximum atomic E-state index is 14.1. The Labute approximate surface area is 180 Å². The molecule has 156 valence electrons. The number of carbonyl (C=O) groups is 1. The Morgan fingerprint density at radius 1 is 1.13 bits per heavy atom. The monoisotopic (exact) mass is 424 g/mol. The number of nitrogens with zero attached hydrogens (tertiary/aromatic N) is 1. The van der Waals surface area contributed by atoms with Crippen LogP contribution in [0.25, 0.3) is 0 Å². The molecule has 0 saturated carbocycles. The van der Waals surface area contributed by atoms with E-state index in [1.54, 1.807) is 0 Å². The van der Waals surface area contributed by atoms with E-state index in [1.165, 1.54) is 35.2 Å². The topological polar surface area (TPSA) is 43.3 Å². The van der Waals surface area contributed by atoms with Crippen LogP contribution in [-0.4, -0.2) is 23.7 Å². The summed E-state index contributed by atoms with van der Waals surface area (Å²) in [4.78, 5) is 14.2. The van der Waals surface area contributed by atoms with Crippen molar-refractivity contribution in [2.24, 2.45) is 5.92 Å². The quantitative estimate of drug-likeness (QED) is 0.568. The van der Waals surface area contributed by atoms with Crippen LogP contribution in [0.3, 0.4) is 0 Å². The molecule has 0 unspecified atom stereocenters. The predicted octanol–water partition coefficient (Wildman–Crippen LogP) is 5.50. The fourth-order valence-electron chi connectivity index (χ4n) is 3.57. The average Bonchev–Trinajstić information content (AvgIpc) is 3.14. The molecule has 1 saturated heterocycles. The molecular weight excluding hydrogens is 399 g/mol. The van der Waals surface area contributed by atoms with Gasteiger partial charge in [-0.1, -0.05) is 23.9 Å². The third kappa shape index (κ3) is 5.32. The van der Waals surface area contributed by atoms with E-state index >= 15 is 0 Å². The number of rotatable bonds is 6. The lowest BCUT2D eigenvalue weighted by atomic mass is 9.99. The number of aromatic nitrogens is 1. The summed E-state index contributed by atoms with van der Waals surface area (Å²) in [7, 11) is 0. The van der Waals surface area contributed by atoms with E-state index in [4.69, 9.17) is 4.74 Å². The summed E-state index contributed by atoms with van der Waals surface area (Å²) in [6, 6.07) is 17.1. The lowest BCUT2D eigenvalue weighted by Gasteiger charge is -2.21. The van der Waals surface area contributed by atoms with Gasteiger partial charge in [-0.05, 0) is 67.8 Å². The SMILES string of the molecule is Cc1cccn1Cc1ccc(Sc2cc(F)cc(NC(=O)C3CCOCC3)c2)cc1. The van der Waals surface area contributed by atoms with Gasteiger partial charge in [-0.25, -0.2) is 4.39 Å². The van der Waals surface area contributed by atoms with Crippen LogP contribution in [0.2, 0.25) is 0 Å². The van der Waals surface area contributed by atoms with Crippen molar-refractivity contribution in [3.63, 3.8) is 0 Å². The molecule has 0 atom stereocenters. The molecule has 2 heterocycles. The van der Waals surface area contributed by atoms with Crippen molar-refractivity contribution in [2.45, 2.75) is 36.1 Å². The van der Waals surface area contributed by atoms with Crippen LogP contribution in [0, 0.1) is 18.7 Å². The second-order valence-electron chi connectivity index (χ2n) is 7.57. The standard InChI is InChI=1S/C24H25FN2O2S/c1-17-3-2-10-27(17)16-18-4-6-22(7-5-18)30-23-14-20(25)13-21(15-23)26-24(28)19-8-11-29-12-9-19/h2-7,10,13-15,19H,8-9,11-12,16H2,1H3,(H,26,28). The minimum Gasteiger partial charge on any atom is -0.381 e. The first kappa shape index (κ1) is 20.7. The Hall–Kier alpha value is -2.57. The van der Waals surface area contributed by atoms with Crippen LogP contribution in [0.15, 0.2) is 70.6 Å². The van der Waals surface area contributed by atoms with Gasteiger partial charge in [0.1, 0.15) is 5.82 Å². The number of hydrogen-bond donors (Lipinski definition) is 1. The molecule has 1 aromatic heterocycles. The number of halogens is 1. The molecule has 30 heavy (non-hydrogen) atoms. The molecule has 1 N–H and O–H groups in total. The Bertz CT molecular complexity index is 1010. The van der Waals surface area contributed by atoms with Crippen molar-refractivity contribution >= 4 is 23.4 Å². The van der Waals surface area contributed by atoms with Crippen LogP contribution in [0.5, 0.6) is 0 Å². The Morgan fingerprint density at radius 2 is 1.90 bits per heavy atom. The summed E-state index contributed by atoms with van der Waals surface area (Å²) in [5.41, 5.74) is 2.93. The zero-order chi connectivity index (χ0) is 20.9. The lowest BCUT2D eigenvalue weighted by Crippen LogP contribution is -2.28. The van der Waals surface area contributed by atoms with Crippen molar-refractivity contribution in [3.8, 4) is 0 Å². The van der Waals surface area contributed by atoms with Crippen LogP contribution in [-0.2, 0) is 16.1 Å². The molecule has 0 bridgehead atoms. The van der Waals surface area contributed by atoms with Crippen molar-refractivity contribution in [1.29, 1.82) is 0 Å². The number of anilines is 1. The van der Waals surface area contributed by atoms with Crippen LogP contribution in [0.1, 0.15) is 24.1 Å². The number of ether oxygens (including phenoxy) is 1. The number of carbonyl (C=O) groups excluding carboxylic acids is 1. The molecule has 1 aliphatic rings. The highest BCUT2D eigenvalue weighted by Crippen LogP contribution is 2.31. The van der Waals surface area contributed by atoms with Gasteiger partial charge in [0, 0.05) is 53.0 Å². The molecule has 3 aromatic rings. The minimum absolute atomic E-state index is 0.0653. The van der Waals surface area contributed by atoms with Gasteiger partial charge < -0.3 is 14.6 Å². The van der Waals surface area contributed by atoms with Crippen molar-refractivity contribution in [3.05, 3.63) is 77.9 Å². The first-order valence-electron chi connectivity index (χ1n) is 10.1. The summed E-state index contributed by atoms with van der Waals surface area (Å²) in [5, 5.41) is 2.87. The molecular formula is C24H25FN2O2S. The van der Waals surface area contributed by atoms with E-state index in [9.17, 15) is 9.18 Å². The van der Waals surface area contributed by atoms with Crippen LogP contribution >= 0.6 is 11.8 Å². The average molecular weight is 425 g/mol. The van der Waals surface area contributed by atoms with Crippen molar-refractivity contribution in [1.82, 2.24) is 4.57 Å². The fourth-order valence-corrected chi connectivity index (χ4v) is 4.47. The third-order valence-electron chi connectivity index (χ3n) is 5.30. The zero-order valence-corrected chi connectivity index (χ0v) is 17.8. The van der Waals surface area contributed by atoms with Gasteiger partial charge in [0.2, 0.25) is 5.91 Å². The largest absolute Gasteiger partial charge is 0.381 e.